The van der Waals surface area contributed by atoms with E-state index in [-0.39, 0.29) is 0 Å². The van der Waals surface area contributed by atoms with Crippen molar-refractivity contribution in [1.29, 1.82) is 0 Å². The van der Waals surface area contributed by atoms with Gasteiger partial charge in [-0.3, -0.25) is 0 Å². The van der Waals surface area contributed by atoms with Gasteiger partial charge in [-0.15, -0.1) is 5.10 Å². The molecule has 0 saturated carbocycles. The summed E-state index contributed by atoms with van der Waals surface area (Å²) in [6.45, 7) is 3.42. The van der Waals surface area contributed by atoms with Crippen molar-refractivity contribution in [3.63, 3.8) is 0 Å². The second-order valence-electron chi connectivity index (χ2n) is 6.40. The normalized spacial score (nSPS) is 17.8. The van der Waals surface area contributed by atoms with Crippen molar-refractivity contribution < 1.29 is 9.15 Å². The maximum atomic E-state index is 5.96. The number of rotatable bonds is 4. The van der Waals surface area contributed by atoms with Gasteiger partial charge in [0.2, 0.25) is 5.88 Å². The minimum absolute atomic E-state index is 0.291. The molecule has 5 rings (SSSR count). The van der Waals surface area contributed by atoms with Crippen LogP contribution in [0.25, 0.3) is 28.1 Å². The first kappa shape index (κ1) is 15.4. The second kappa shape index (κ2) is 6.44. The molecular formula is C19H19N5O2. The molecule has 1 fully saturated rings. The van der Waals surface area contributed by atoms with Crippen molar-refractivity contribution in [1.82, 2.24) is 25.2 Å². The fraction of sp³-hybridized carbons (Fsp3) is 0.263. The Balaban J connectivity index is 1.44. The number of hydrogen-bond acceptors (Lipinski definition) is 6. The van der Waals surface area contributed by atoms with Crippen LogP contribution >= 0.6 is 0 Å². The van der Waals surface area contributed by atoms with Crippen LogP contribution in [0, 0.1) is 0 Å². The molecule has 1 saturated heterocycles. The highest BCUT2D eigenvalue weighted by Gasteiger charge is 2.15. The Morgan fingerprint density at radius 3 is 3.04 bits per heavy atom. The van der Waals surface area contributed by atoms with Gasteiger partial charge < -0.3 is 19.8 Å². The van der Waals surface area contributed by atoms with Gasteiger partial charge in [-0.05, 0) is 18.2 Å². The van der Waals surface area contributed by atoms with Gasteiger partial charge in [0.05, 0.1) is 12.2 Å². The molecule has 7 heteroatoms. The summed E-state index contributed by atoms with van der Waals surface area (Å²) in [6.07, 6.45) is 1.77. The minimum Gasteiger partial charge on any atom is -0.475 e. The molecule has 132 valence electrons. The molecule has 1 aromatic carbocycles. The van der Waals surface area contributed by atoms with E-state index >= 15 is 0 Å². The molecule has 7 nitrogen and oxygen atoms in total. The highest BCUT2D eigenvalue weighted by molar-refractivity contribution is 5.82. The van der Waals surface area contributed by atoms with E-state index < -0.39 is 0 Å². The van der Waals surface area contributed by atoms with Crippen molar-refractivity contribution >= 4 is 16.6 Å². The molecular weight excluding hydrogens is 330 g/mol. The number of aromatic nitrogens is 3. The molecule has 0 spiro atoms. The van der Waals surface area contributed by atoms with Gasteiger partial charge in [-0.1, -0.05) is 18.2 Å². The van der Waals surface area contributed by atoms with Crippen LogP contribution in [0.2, 0.25) is 0 Å². The fourth-order valence-electron chi connectivity index (χ4n) is 3.23. The summed E-state index contributed by atoms with van der Waals surface area (Å²) in [7, 11) is 0. The van der Waals surface area contributed by atoms with Gasteiger partial charge >= 0.3 is 0 Å². The van der Waals surface area contributed by atoms with Crippen molar-refractivity contribution in [2.24, 2.45) is 0 Å². The summed E-state index contributed by atoms with van der Waals surface area (Å²) in [5.41, 5.74) is 2.41. The van der Waals surface area contributed by atoms with Gasteiger partial charge in [0.25, 0.3) is 0 Å². The average Bonchev–Trinajstić information content (AvgIpc) is 3.30. The van der Waals surface area contributed by atoms with E-state index in [9.17, 15) is 0 Å². The maximum absolute atomic E-state index is 5.96. The van der Waals surface area contributed by atoms with Crippen LogP contribution in [-0.2, 0) is 0 Å². The molecule has 0 radical (unpaired) electrons. The standard InChI is InChI=1S/C19H19N5O2/c1-2-4-16-13(3-1)9-17(26-16)15-11-22-18-5-6-19(23-24(15)18)25-12-14-10-20-7-8-21-14/h1-6,9,11,14,20-21H,7-8,10,12H2/t14-/m1/s1. The number of ether oxygens (including phenoxy) is 1. The Kier molecular flexibility index (Phi) is 3.80. The molecule has 1 aliphatic rings. The van der Waals surface area contributed by atoms with Crippen LogP contribution in [0.4, 0.5) is 0 Å². The van der Waals surface area contributed by atoms with Crippen LogP contribution in [0.15, 0.2) is 53.1 Å². The first-order valence-electron chi connectivity index (χ1n) is 8.77. The zero-order valence-corrected chi connectivity index (χ0v) is 14.2. The summed E-state index contributed by atoms with van der Waals surface area (Å²) in [4.78, 5) is 4.42. The van der Waals surface area contributed by atoms with Crippen LogP contribution in [0.1, 0.15) is 0 Å². The highest BCUT2D eigenvalue weighted by Crippen LogP contribution is 2.28. The minimum atomic E-state index is 0.291. The van der Waals surface area contributed by atoms with Gasteiger partial charge in [0, 0.05) is 31.1 Å². The van der Waals surface area contributed by atoms with Gasteiger partial charge in [0.15, 0.2) is 11.4 Å². The first-order valence-corrected chi connectivity index (χ1v) is 8.77. The average molecular weight is 349 g/mol. The third kappa shape index (κ3) is 2.81. The monoisotopic (exact) mass is 349 g/mol. The quantitative estimate of drug-likeness (QED) is 0.587. The predicted octanol–water partition coefficient (Wildman–Crippen LogP) is 2.08. The van der Waals surface area contributed by atoms with Crippen LogP contribution < -0.4 is 15.4 Å². The Bertz CT molecular complexity index is 1020. The number of para-hydroxylation sites is 1. The van der Waals surface area contributed by atoms with E-state index in [0.717, 1.165) is 47.7 Å². The summed E-state index contributed by atoms with van der Waals surface area (Å²) in [6, 6.07) is 14.0. The Morgan fingerprint density at radius 2 is 2.15 bits per heavy atom. The lowest BCUT2D eigenvalue weighted by Gasteiger charge is -2.24. The number of nitrogens with zero attached hydrogens (tertiary/aromatic N) is 3. The lowest BCUT2D eigenvalue weighted by atomic mass is 10.2. The zero-order valence-electron chi connectivity index (χ0n) is 14.2. The fourth-order valence-corrected chi connectivity index (χ4v) is 3.23. The predicted molar refractivity (Wildman–Crippen MR) is 98.4 cm³/mol. The third-order valence-electron chi connectivity index (χ3n) is 4.57. The summed E-state index contributed by atoms with van der Waals surface area (Å²) >= 11 is 0. The summed E-state index contributed by atoms with van der Waals surface area (Å²) in [5, 5.41) is 12.4. The van der Waals surface area contributed by atoms with Crippen LogP contribution in [-0.4, -0.2) is 46.9 Å². The molecule has 0 amide bonds. The van der Waals surface area contributed by atoms with Crippen molar-refractivity contribution in [2.45, 2.75) is 6.04 Å². The molecule has 1 atom stereocenters. The van der Waals surface area contributed by atoms with Crippen molar-refractivity contribution in [2.75, 3.05) is 26.2 Å². The van der Waals surface area contributed by atoms with E-state index in [0.29, 0.717) is 18.5 Å². The Labute approximate surface area is 150 Å². The van der Waals surface area contributed by atoms with Gasteiger partial charge in [0.1, 0.15) is 17.9 Å². The van der Waals surface area contributed by atoms with E-state index in [1.54, 1.807) is 10.7 Å². The second-order valence-corrected chi connectivity index (χ2v) is 6.40. The number of hydrogen-bond donors (Lipinski definition) is 2. The third-order valence-corrected chi connectivity index (χ3v) is 4.57. The highest BCUT2D eigenvalue weighted by atomic mass is 16.5. The molecule has 1 aliphatic heterocycles. The molecule has 0 aliphatic carbocycles. The molecule has 4 heterocycles. The number of benzene rings is 1. The number of imidazole rings is 1. The Hall–Kier alpha value is -2.90. The lowest BCUT2D eigenvalue weighted by molar-refractivity contribution is 0.237. The number of fused-ring (bicyclic) bond motifs is 2. The summed E-state index contributed by atoms with van der Waals surface area (Å²) in [5.74, 6) is 1.31. The van der Waals surface area contributed by atoms with Crippen LogP contribution in [0.5, 0.6) is 5.88 Å². The van der Waals surface area contributed by atoms with E-state index in [1.807, 2.05) is 42.5 Å². The summed E-state index contributed by atoms with van der Waals surface area (Å²) < 4.78 is 13.6. The smallest absolute Gasteiger partial charge is 0.231 e. The van der Waals surface area contributed by atoms with Crippen molar-refractivity contribution in [3.05, 3.63) is 48.7 Å². The number of furan rings is 1. The molecule has 0 bridgehead atoms. The van der Waals surface area contributed by atoms with Gasteiger partial charge in [-0.2, -0.15) is 0 Å². The van der Waals surface area contributed by atoms with Gasteiger partial charge in [-0.25, -0.2) is 9.50 Å². The molecule has 2 N–H and O–H groups in total. The number of piperazine rings is 1. The topological polar surface area (TPSA) is 76.6 Å². The first-order chi connectivity index (χ1) is 12.9. The zero-order chi connectivity index (χ0) is 17.3. The molecule has 26 heavy (non-hydrogen) atoms. The maximum Gasteiger partial charge on any atom is 0.231 e. The van der Waals surface area contributed by atoms with Crippen molar-refractivity contribution in [3.8, 4) is 17.3 Å². The molecule has 4 aromatic rings. The molecule has 0 unspecified atom stereocenters. The Morgan fingerprint density at radius 1 is 1.19 bits per heavy atom. The van der Waals surface area contributed by atoms with E-state index in [1.165, 1.54) is 0 Å². The van der Waals surface area contributed by atoms with E-state index in [2.05, 4.69) is 20.7 Å². The van der Waals surface area contributed by atoms with Crippen LogP contribution in [0.3, 0.4) is 0 Å². The molecule has 3 aromatic heterocycles. The largest absolute Gasteiger partial charge is 0.475 e. The number of nitrogens with one attached hydrogen (secondary N) is 2. The SMILES string of the molecule is c1ccc2oc(-c3cnc4ccc(OC[C@H]5CNCCN5)nn34)cc2c1. The van der Waals surface area contributed by atoms with E-state index in [4.69, 9.17) is 9.15 Å². The lowest BCUT2D eigenvalue weighted by Crippen LogP contribution is -2.51.